The second-order valence-electron chi connectivity index (χ2n) is 4.38. The van der Waals surface area contributed by atoms with E-state index < -0.39 is 12.0 Å². The van der Waals surface area contributed by atoms with Gasteiger partial charge >= 0.3 is 5.97 Å². The maximum Gasteiger partial charge on any atom is 0.320 e. The molecule has 0 aliphatic rings. The molecule has 0 unspecified atom stereocenters. The summed E-state index contributed by atoms with van der Waals surface area (Å²) in [4.78, 5) is 13.9. The lowest BCUT2D eigenvalue weighted by atomic mass is 10.0. The van der Waals surface area contributed by atoms with Gasteiger partial charge in [-0.05, 0) is 36.2 Å². The van der Waals surface area contributed by atoms with Gasteiger partial charge in [0.05, 0.1) is 0 Å². The number of nitrogens with one attached hydrogen (secondary N) is 1. The molecular formula is C13H17N3O2. The van der Waals surface area contributed by atoms with Crippen LogP contribution in [0, 0.1) is 0 Å². The molecule has 0 saturated carbocycles. The number of benzene rings is 1. The highest BCUT2D eigenvalue weighted by Crippen LogP contribution is 2.21. The second kappa shape index (κ2) is 5.20. The van der Waals surface area contributed by atoms with Gasteiger partial charge in [-0.3, -0.25) is 4.79 Å². The lowest BCUT2D eigenvalue weighted by molar-refractivity contribution is -0.138. The normalized spacial score (nSPS) is 12.8. The van der Waals surface area contributed by atoms with Gasteiger partial charge in [0.2, 0.25) is 0 Å². The Morgan fingerprint density at radius 1 is 1.44 bits per heavy atom. The van der Waals surface area contributed by atoms with Gasteiger partial charge in [0, 0.05) is 23.5 Å². The highest BCUT2D eigenvalue weighted by atomic mass is 16.4. The largest absolute Gasteiger partial charge is 0.480 e. The van der Waals surface area contributed by atoms with Crippen molar-refractivity contribution in [2.45, 2.75) is 18.9 Å². The first-order chi connectivity index (χ1) is 8.61. The summed E-state index contributed by atoms with van der Waals surface area (Å²) >= 11 is 0. The van der Waals surface area contributed by atoms with Crippen molar-refractivity contribution in [3.63, 3.8) is 0 Å². The Morgan fingerprint density at radius 3 is 2.89 bits per heavy atom. The number of rotatable bonds is 5. The monoisotopic (exact) mass is 247 g/mol. The third-order valence-corrected chi connectivity index (χ3v) is 3.02. The molecule has 0 amide bonds. The van der Waals surface area contributed by atoms with Crippen LogP contribution in [0.4, 0.5) is 0 Å². The summed E-state index contributed by atoms with van der Waals surface area (Å²) in [6, 6.07) is 5.17. The predicted octanol–water partition coefficient (Wildman–Crippen LogP) is 0.624. The maximum atomic E-state index is 10.8. The van der Waals surface area contributed by atoms with E-state index in [1.165, 1.54) is 0 Å². The van der Waals surface area contributed by atoms with Gasteiger partial charge in [0.25, 0.3) is 0 Å². The van der Waals surface area contributed by atoms with Gasteiger partial charge in [-0.1, -0.05) is 6.07 Å². The van der Waals surface area contributed by atoms with E-state index in [9.17, 15) is 4.79 Å². The smallest absolute Gasteiger partial charge is 0.320 e. The molecule has 1 aromatic heterocycles. The molecule has 2 rings (SSSR count). The topological polar surface area (TPSA) is 105 Å². The van der Waals surface area contributed by atoms with Crippen LogP contribution < -0.4 is 11.5 Å². The Labute approximate surface area is 105 Å². The molecule has 1 atom stereocenters. The van der Waals surface area contributed by atoms with Crippen LogP contribution in [-0.4, -0.2) is 28.6 Å². The Bertz CT molecular complexity index is 562. The molecule has 1 aromatic carbocycles. The lowest BCUT2D eigenvalue weighted by Gasteiger charge is -2.05. The van der Waals surface area contributed by atoms with Crippen molar-refractivity contribution in [2.75, 3.05) is 6.54 Å². The highest BCUT2D eigenvalue weighted by molar-refractivity contribution is 5.85. The molecular weight excluding hydrogens is 230 g/mol. The molecule has 0 aliphatic heterocycles. The molecule has 0 spiro atoms. The summed E-state index contributed by atoms with van der Waals surface area (Å²) in [7, 11) is 0. The van der Waals surface area contributed by atoms with Crippen LogP contribution in [0.25, 0.3) is 10.9 Å². The van der Waals surface area contributed by atoms with E-state index in [-0.39, 0.29) is 0 Å². The van der Waals surface area contributed by atoms with E-state index in [1.807, 2.05) is 24.4 Å². The summed E-state index contributed by atoms with van der Waals surface area (Å²) < 4.78 is 0. The Morgan fingerprint density at radius 2 is 2.22 bits per heavy atom. The predicted molar refractivity (Wildman–Crippen MR) is 70.4 cm³/mol. The quantitative estimate of drug-likeness (QED) is 0.621. The van der Waals surface area contributed by atoms with Crippen molar-refractivity contribution in [1.29, 1.82) is 0 Å². The van der Waals surface area contributed by atoms with E-state index in [0.717, 1.165) is 28.5 Å². The first-order valence-electron chi connectivity index (χ1n) is 5.89. The van der Waals surface area contributed by atoms with Crippen molar-refractivity contribution < 1.29 is 9.90 Å². The molecule has 0 radical (unpaired) electrons. The molecule has 0 aliphatic carbocycles. The number of hydrogen-bond acceptors (Lipinski definition) is 3. The van der Waals surface area contributed by atoms with Gasteiger partial charge in [-0.25, -0.2) is 0 Å². The maximum absolute atomic E-state index is 10.8. The zero-order chi connectivity index (χ0) is 13.1. The first-order valence-corrected chi connectivity index (χ1v) is 5.89. The van der Waals surface area contributed by atoms with Crippen molar-refractivity contribution in [3.8, 4) is 0 Å². The number of nitrogens with two attached hydrogens (primary N) is 2. The minimum absolute atomic E-state index is 0.321. The van der Waals surface area contributed by atoms with Crippen LogP contribution in [0.15, 0.2) is 24.4 Å². The van der Waals surface area contributed by atoms with Crippen molar-refractivity contribution >= 4 is 16.9 Å². The number of carbonyl (C=O) groups is 1. The van der Waals surface area contributed by atoms with Crippen LogP contribution >= 0.6 is 0 Å². The Hall–Kier alpha value is -1.85. The van der Waals surface area contributed by atoms with Gasteiger partial charge in [-0.15, -0.1) is 0 Å². The fraction of sp³-hybridized carbons (Fsp3) is 0.308. The fourth-order valence-electron chi connectivity index (χ4n) is 2.04. The summed E-state index contributed by atoms with van der Waals surface area (Å²) in [5, 5.41) is 9.87. The number of aromatic amines is 1. The molecule has 6 N–H and O–H groups in total. The number of hydrogen-bond donors (Lipinski definition) is 4. The van der Waals surface area contributed by atoms with Crippen LogP contribution in [0.3, 0.4) is 0 Å². The van der Waals surface area contributed by atoms with Crippen molar-refractivity contribution in [2.24, 2.45) is 11.5 Å². The Kier molecular flexibility index (Phi) is 3.64. The average molecular weight is 247 g/mol. The van der Waals surface area contributed by atoms with Crippen LogP contribution in [0.5, 0.6) is 0 Å². The molecule has 1 heterocycles. The number of aliphatic carboxylic acids is 1. The summed E-state index contributed by atoms with van der Waals surface area (Å²) in [6.45, 7) is 0.597. The molecule has 5 heteroatoms. The zero-order valence-electron chi connectivity index (χ0n) is 10.0. The molecule has 5 nitrogen and oxygen atoms in total. The molecule has 0 fully saturated rings. The highest BCUT2D eigenvalue weighted by Gasteiger charge is 2.14. The molecule has 0 bridgehead atoms. The third kappa shape index (κ3) is 2.52. The minimum atomic E-state index is -0.984. The minimum Gasteiger partial charge on any atom is -0.480 e. The Balaban J connectivity index is 2.33. The van der Waals surface area contributed by atoms with Gasteiger partial charge in [-0.2, -0.15) is 0 Å². The number of H-pyrrole nitrogens is 1. The number of carboxylic acids is 1. The fourth-order valence-corrected chi connectivity index (χ4v) is 2.04. The van der Waals surface area contributed by atoms with E-state index in [0.29, 0.717) is 13.0 Å². The number of fused-ring (bicyclic) bond motifs is 1. The first kappa shape index (κ1) is 12.6. The van der Waals surface area contributed by atoms with Crippen LogP contribution in [0.1, 0.15) is 11.1 Å². The van der Waals surface area contributed by atoms with Gasteiger partial charge < -0.3 is 21.6 Å². The van der Waals surface area contributed by atoms with E-state index in [2.05, 4.69) is 4.98 Å². The van der Waals surface area contributed by atoms with E-state index in [1.54, 1.807) is 0 Å². The van der Waals surface area contributed by atoms with Crippen LogP contribution in [0.2, 0.25) is 0 Å². The SMILES string of the molecule is NCCc1ccc2[nH]cc(C[C@H](N)C(=O)O)c2c1. The van der Waals surface area contributed by atoms with E-state index in [4.69, 9.17) is 16.6 Å². The van der Waals surface area contributed by atoms with E-state index >= 15 is 0 Å². The lowest BCUT2D eigenvalue weighted by Crippen LogP contribution is -2.32. The molecule has 18 heavy (non-hydrogen) atoms. The number of aromatic nitrogens is 1. The standard InChI is InChI=1S/C13H17N3O2/c14-4-3-8-1-2-12-10(5-8)9(7-16-12)6-11(15)13(17)18/h1-2,5,7,11,16H,3-4,6,14-15H2,(H,17,18)/t11-/m0/s1. The molecule has 0 saturated heterocycles. The summed E-state index contributed by atoms with van der Waals surface area (Å²) in [5.74, 6) is -0.984. The average Bonchev–Trinajstić information content (AvgIpc) is 2.72. The summed E-state index contributed by atoms with van der Waals surface area (Å²) in [6.07, 6.45) is 2.95. The van der Waals surface area contributed by atoms with Gasteiger partial charge in [0.15, 0.2) is 0 Å². The second-order valence-corrected chi connectivity index (χ2v) is 4.38. The van der Waals surface area contributed by atoms with Crippen LogP contribution in [-0.2, 0) is 17.6 Å². The molecule has 96 valence electrons. The zero-order valence-corrected chi connectivity index (χ0v) is 10.0. The third-order valence-electron chi connectivity index (χ3n) is 3.02. The van der Waals surface area contributed by atoms with Crippen molar-refractivity contribution in [1.82, 2.24) is 4.98 Å². The van der Waals surface area contributed by atoms with Gasteiger partial charge in [0.1, 0.15) is 6.04 Å². The summed E-state index contributed by atoms with van der Waals surface area (Å²) in [5.41, 5.74) is 14.2. The van der Waals surface area contributed by atoms with Crippen molar-refractivity contribution in [3.05, 3.63) is 35.5 Å². The number of carboxylic acid groups (broad SMARTS) is 1. The molecule has 2 aromatic rings.